The highest BCUT2D eigenvalue weighted by Gasteiger charge is 2.34. The fourth-order valence-electron chi connectivity index (χ4n) is 2.20. The number of nitrogens with zero attached hydrogens (tertiary/aromatic N) is 1. The molecule has 0 amide bonds. The normalized spacial score (nSPS) is 19.9. The molecule has 0 N–H and O–H groups in total. The van der Waals surface area contributed by atoms with Gasteiger partial charge in [-0.15, -0.1) is 0 Å². The van der Waals surface area contributed by atoms with Gasteiger partial charge in [-0.1, -0.05) is 34.8 Å². The molecule has 1 aromatic heterocycles. The van der Waals surface area contributed by atoms with Gasteiger partial charge in [0.1, 0.15) is 6.10 Å². The number of carbonyl (C=O) groups excluding carboxylic acids is 2. The van der Waals surface area contributed by atoms with Gasteiger partial charge >= 0.3 is 0 Å². The lowest BCUT2D eigenvalue weighted by atomic mass is 10.0. The van der Waals surface area contributed by atoms with Gasteiger partial charge in [0.25, 0.3) is 3.79 Å². The van der Waals surface area contributed by atoms with Crippen LogP contribution in [0.1, 0.15) is 40.1 Å². The van der Waals surface area contributed by atoms with Crippen LogP contribution in [0.4, 0.5) is 0 Å². The molecule has 110 valence electrons. The summed E-state index contributed by atoms with van der Waals surface area (Å²) >= 11 is 16.8. The molecular formula is C13H14Cl3NO3. The van der Waals surface area contributed by atoms with E-state index in [-0.39, 0.29) is 11.5 Å². The lowest BCUT2D eigenvalue weighted by Gasteiger charge is -2.20. The van der Waals surface area contributed by atoms with Crippen LogP contribution in [-0.4, -0.2) is 32.6 Å². The van der Waals surface area contributed by atoms with Gasteiger partial charge in [0.15, 0.2) is 5.78 Å². The van der Waals surface area contributed by atoms with Gasteiger partial charge in [-0.05, 0) is 25.3 Å². The Bertz CT molecular complexity index is 527. The molecule has 2 rings (SSSR count). The van der Waals surface area contributed by atoms with E-state index < -0.39 is 15.7 Å². The molecule has 1 atom stereocenters. The Kier molecular flexibility index (Phi) is 4.80. The summed E-state index contributed by atoms with van der Waals surface area (Å²) in [6.07, 6.45) is 3.74. The molecule has 0 aliphatic carbocycles. The first kappa shape index (κ1) is 15.8. The molecule has 0 saturated carbocycles. The molecule has 1 aliphatic rings. The number of hydrogen-bond donors (Lipinski definition) is 0. The van der Waals surface area contributed by atoms with Crippen molar-refractivity contribution >= 4 is 46.4 Å². The monoisotopic (exact) mass is 337 g/mol. The first-order valence-corrected chi connectivity index (χ1v) is 7.38. The van der Waals surface area contributed by atoms with E-state index in [0.717, 1.165) is 12.8 Å². The van der Waals surface area contributed by atoms with Crippen molar-refractivity contribution in [1.29, 1.82) is 0 Å². The van der Waals surface area contributed by atoms with Crippen LogP contribution < -0.4 is 0 Å². The third kappa shape index (κ3) is 3.37. The summed E-state index contributed by atoms with van der Waals surface area (Å²) in [5.41, 5.74) is 0.584. The largest absolute Gasteiger partial charge is 0.370 e. The molecule has 1 saturated heterocycles. The average Bonchev–Trinajstić information content (AvgIpc) is 2.79. The lowest BCUT2D eigenvalue weighted by molar-refractivity contribution is 0.0186. The van der Waals surface area contributed by atoms with Crippen molar-refractivity contribution in [2.75, 3.05) is 6.61 Å². The average molecular weight is 339 g/mol. The number of Topliss-reactive ketones (excluding diaryl/α,β-unsaturated/α-hetero) is 2. The van der Waals surface area contributed by atoms with Crippen molar-refractivity contribution in [2.45, 2.75) is 29.2 Å². The van der Waals surface area contributed by atoms with Crippen molar-refractivity contribution in [3.05, 3.63) is 23.5 Å². The molecular weight excluding hydrogens is 325 g/mol. The summed E-state index contributed by atoms with van der Waals surface area (Å²) in [5, 5.41) is 0. The summed E-state index contributed by atoms with van der Waals surface area (Å²) < 4.78 is 4.90. The molecule has 1 fully saturated rings. The van der Waals surface area contributed by atoms with Crippen molar-refractivity contribution in [1.82, 2.24) is 4.57 Å². The van der Waals surface area contributed by atoms with E-state index >= 15 is 0 Å². The quantitative estimate of drug-likeness (QED) is 0.627. The number of ketones is 2. The summed E-state index contributed by atoms with van der Waals surface area (Å²) in [7, 11) is 1.63. The maximum atomic E-state index is 12.3. The lowest BCUT2D eigenvalue weighted by Crippen LogP contribution is -2.28. The molecule has 0 bridgehead atoms. The number of ether oxygens (including phenoxy) is 1. The van der Waals surface area contributed by atoms with Crippen LogP contribution >= 0.6 is 34.8 Å². The number of aryl methyl sites for hydroxylation is 1. The molecule has 1 unspecified atom stereocenters. The molecule has 4 nitrogen and oxygen atoms in total. The van der Waals surface area contributed by atoms with E-state index in [4.69, 9.17) is 39.5 Å². The van der Waals surface area contributed by atoms with E-state index in [1.165, 1.54) is 10.6 Å². The van der Waals surface area contributed by atoms with Gasteiger partial charge in [-0.25, -0.2) is 0 Å². The smallest absolute Gasteiger partial charge is 0.255 e. The SMILES string of the molecule is Cn1cc(C(=O)C2CCCCO2)cc1C(=O)C(Cl)(Cl)Cl. The predicted octanol–water partition coefficient (Wildman–Crippen LogP) is 3.33. The minimum atomic E-state index is -2.03. The summed E-state index contributed by atoms with van der Waals surface area (Å²) in [5.74, 6) is -0.794. The van der Waals surface area contributed by atoms with E-state index in [0.29, 0.717) is 18.6 Å². The highest BCUT2D eigenvalue weighted by Crippen LogP contribution is 2.31. The molecule has 2 heterocycles. The van der Waals surface area contributed by atoms with Gasteiger partial charge in [0.05, 0.1) is 5.69 Å². The topological polar surface area (TPSA) is 48.3 Å². The number of aromatic nitrogens is 1. The molecule has 0 radical (unpaired) electrons. The Labute approximate surface area is 131 Å². The van der Waals surface area contributed by atoms with Gasteiger partial charge in [0, 0.05) is 25.4 Å². The van der Waals surface area contributed by atoms with Crippen molar-refractivity contribution in [3.8, 4) is 0 Å². The first-order chi connectivity index (χ1) is 9.30. The Balaban J connectivity index is 2.22. The van der Waals surface area contributed by atoms with Crippen LogP contribution in [0.2, 0.25) is 0 Å². The maximum Gasteiger partial charge on any atom is 0.255 e. The molecule has 1 aliphatic heterocycles. The Morgan fingerprint density at radius 2 is 2.05 bits per heavy atom. The fourth-order valence-corrected chi connectivity index (χ4v) is 2.49. The van der Waals surface area contributed by atoms with E-state index in [9.17, 15) is 9.59 Å². The summed E-state index contributed by atoms with van der Waals surface area (Å²) in [6.45, 7) is 0.586. The maximum absolute atomic E-state index is 12.3. The minimum Gasteiger partial charge on any atom is -0.370 e. The van der Waals surface area contributed by atoms with E-state index in [1.54, 1.807) is 13.2 Å². The molecule has 20 heavy (non-hydrogen) atoms. The molecule has 0 aromatic carbocycles. The number of hydrogen-bond acceptors (Lipinski definition) is 3. The van der Waals surface area contributed by atoms with Crippen molar-refractivity contribution in [2.24, 2.45) is 7.05 Å². The van der Waals surface area contributed by atoms with Crippen molar-refractivity contribution < 1.29 is 14.3 Å². The van der Waals surface area contributed by atoms with Crippen LogP contribution in [0, 0.1) is 0 Å². The fraction of sp³-hybridized carbons (Fsp3) is 0.538. The second-order valence-corrected chi connectivity index (χ2v) is 7.05. The number of halogens is 3. The second kappa shape index (κ2) is 6.06. The number of rotatable bonds is 3. The van der Waals surface area contributed by atoms with Gasteiger partial charge in [-0.3, -0.25) is 9.59 Å². The van der Waals surface area contributed by atoms with Crippen LogP contribution in [0.3, 0.4) is 0 Å². The van der Waals surface area contributed by atoms with Gasteiger partial charge in [0.2, 0.25) is 5.78 Å². The molecule has 7 heteroatoms. The zero-order chi connectivity index (χ0) is 14.9. The van der Waals surface area contributed by atoms with Crippen LogP contribution in [0.15, 0.2) is 12.3 Å². The Hall–Kier alpha value is -0.550. The third-order valence-corrected chi connectivity index (χ3v) is 3.77. The van der Waals surface area contributed by atoms with Crippen LogP contribution in [0.5, 0.6) is 0 Å². The number of alkyl halides is 3. The molecule has 0 spiro atoms. The summed E-state index contributed by atoms with van der Waals surface area (Å²) in [4.78, 5) is 24.2. The Morgan fingerprint density at radius 1 is 1.35 bits per heavy atom. The zero-order valence-corrected chi connectivity index (χ0v) is 13.1. The highest BCUT2D eigenvalue weighted by molar-refractivity contribution is 6.77. The minimum absolute atomic E-state index is 0.135. The molecule has 1 aromatic rings. The zero-order valence-electron chi connectivity index (χ0n) is 10.9. The van der Waals surface area contributed by atoms with Crippen LogP contribution in [0.25, 0.3) is 0 Å². The number of carbonyl (C=O) groups is 2. The first-order valence-electron chi connectivity index (χ1n) is 6.24. The third-order valence-electron chi connectivity index (χ3n) is 3.25. The Morgan fingerprint density at radius 3 is 2.60 bits per heavy atom. The summed E-state index contributed by atoms with van der Waals surface area (Å²) in [6, 6.07) is 1.45. The van der Waals surface area contributed by atoms with Crippen molar-refractivity contribution in [3.63, 3.8) is 0 Å². The second-order valence-electron chi connectivity index (χ2n) is 4.77. The van der Waals surface area contributed by atoms with E-state index in [2.05, 4.69) is 0 Å². The predicted molar refractivity (Wildman–Crippen MR) is 78.0 cm³/mol. The van der Waals surface area contributed by atoms with Gasteiger partial charge < -0.3 is 9.30 Å². The van der Waals surface area contributed by atoms with Crippen LogP contribution in [-0.2, 0) is 11.8 Å². The highest BCUT2D eigenvalue weighted by atomic mass is 35.6. The van der Waals surface area contributed by atoms with Gasteiger partial charge in [-0.2, -0.15) is 0 Å². The van der Waals surface area contributed by atoms with E-state index in [1.807, 2.05) is 0 Å². The standard InChI is InChI=1S/C13H14Cl3NO3/c1-17-7-8(6-9(17)12(19)13(14,15)16)11(18)10-4-2-3-5-20-10/h6-7,10H,2-5H2,1H3.